The van der Waals surface area contributed by atoms with Crippen LogP contribution in [0.4, 0.5) is 11.8 Å². The van der Waals surface area contributed by atoms with Gasteiger partial charge in [-0.15, -0.1) is 11.3 Å². The predicted octanol–water partition coefficient (Wildman–Crippen LogP) is 3.85. The highest BCUT2D eigenvalue weighted by Crippen LogP contribution is 2.37. The molecule has 2 aromatic rings. The summed E-state index contributed by atoms with van der Waals surface area (Å²) in [6, 6.07) is 2.89. The number of nitrogen functional groups attached to an aromatic ring is 1. The van der Waals surface area contributed by atoms with Crippen molar-refractivity contribution < 1.29 is 0 Å². The Morgan fingerprint density at radius 1 is 1.38 bits per heavy atom. The normalized spacial score (nSPS) is 15.0. The highest BCUT2D eigenvalue weighted by atomic mass is 32.1. The van der Waals surface area contributed by atoms with Crippen LogP contribution in [0, 0.1) is 5.92 Å². The summed E-state index contributed by atoms with van der Waals surface area (Å²) in [6.07, 6.45) is 4.77. The second kappa shape index (κ2) is 5.79. The fraction of sp³-hybridized carbons (Fsp3) is 0.625. The molecular formula is C16H24N4S. The Balaban J connectivity index is 2.01. The van der Waals surface area contributed by atoms with Gasteiger partial charge in [-0.05, 0) is 37.7 Å². The SMILES string of the molecule is CCc1cc2c(N(CCC(C)C)C3CC3)nc(N)nc2s1. The molecule has 4 nitrogen and oxygen atoms in total. The fourth-order valence-electron chi connectivity index (χ4n) is 2.61. The summed E-state index contributed by atoms with van der Waals surface area (Å²) in [7, 11) is 0. The minimum atomic E-state index is 0.400. The van der Waals surface area contributed by atoms with Crippen LogP contribution in [0.1, 0.15) is 44.9 Å². The average molecular weight is 304 g/mol. The van der Waals surface area contributed by atoms with E-state index in [9.17, 15) is 0 Å². The van der Waals surface area contributed by atoms with E-state index in [-0.39, 0.29) is 0 Å². The second-order valence-electron chi connectivity index (χ2n) is 6.30. The van der Waals surface area contributed by atoms with Crippen molar-refractivity contribution in [2.24, 2.45) is 5.92 Å². The topological polar surface area (TPSA) is 55.0 Å². The lowest BCUT2D eigenvalue weighted by Crippen LogP contribution is -2.29. The number of thiophene rings is 1. The molecule has 2 heterocycles. The monoisotopic (exact) mass is 304 g/mol. The number of rotatable bonds is 6. The van der Waals surface area contributed by atoms with Gasteiger partial charge < -0.3 is 10.6 Å². The van der Waals surface area contributed by atoms with Gasteiger partial charge in [0.2, 0.25) is 5.95 Å². The van der Waals surface area contributed by atoms with Gasteiger partial charge in [-0.1, -0.05) is 20.8 Å². The van der Waals surface area contributed by atoms with E-state index in [1.165, 1.54) is 29.5 Å². The molecule has 1 aliphatic carbocycles. The lowest BCUT2D eigenvalue weighted by atomic mass is 10.1. The molecule has 114 valence electrons. The average Bonchev–Trinajstić information content (AvgIpc) is 3.17. The van der Waals surface area contributed by atoms with Gasteiger partial charge >= 0.3 is 0 Å². The van der Waals surface area contributed by atoms with Gasteiger partial charge in [0.1, 0.15) is 10.6 Å². The first-order valence-corrected chi connectivity index (χ1v) is 8.72. The summed E-state index contributed by atoms with van der Waals surface area (Å²) in [5.74, 6) is 2.16. The Labute approximate surface area is 130 Å². The molecule has 2 N–H and O–H groups in total. The Hall–Kier alpha value is -1.36. The lowest BCUT2D eigenvalue weighted by Gasteiger charge is -2.25. The van der Waals surface area contributed by atoms with Gasteiger partial charge in [0, 0.05) is 17.5 Å². The van der Waals surface area contributed by atoms with Crippen LogP contribution < -0.4 is 10.6 Å². The molecule has 0 bridgehead atoms. The van der Waals surface area contributed by atoms with Crippen molar-refractivity contribution >= 4 is 33.3 Å². The van der Waals surface area contributed by atoms with Crippen molar-refractivity contribution in [1.82, 2.24) is 9.97 Å². The van der Waals surface area contributed by atoms with Crippen molar-refractivity contribution in [2.45, 2.75) is 52.5 Å². The van der Waals surface area contributed by atoms with E-state index in [0.717, 1.165) is 23.6 Å². The van der Waals surface area contributed by atoms with Crippen LogP contribution in [-0.2, 0) is 6.42 Å². The number of nitrogens with zero attached hydrogens (tertiary/aromatic N) is 3. The van der Waals surface area contributed by atoms with Gasteiger partial charge in [-0.2, -0.15) is 4.98 Å². The zero-order chi connectivity index (χ0) is 15.0. The standard InChI is InChI=1S/C16H24N4S/c1-4-12-9-13-14(18-16(17)19-15(13)21-12)20(11-5-6-11)8-7-10(2)3/h9-11H,4-8H2,1-3H3,(H2,17,18,19). The van der Waals surface area contributed by atoms with E-state index in [2.05, 4.69) is 41.7 Å². The Kier molecular flexibility index (Phi) is 4.02. The number of aryl methyl sites for hydroxylation is 1. The summed E-state index contributed by atoms with van der Waals surface area (Å²) in [4.78, 5) is 13.9. The summed E-state index contributed by atoms with van der Waals surface area (Å²) >= 11 is 1.74. The van der Waals surface area contributed by atoms with Gasteiger partial charge in [-0.3, -0.25) is 0 Å². The molecule has 0 amide bonds. The number of nitrogens with two attached hydrogens (primary N) is 1. The maximum atomic E-state index is 5.95. The molecule has 0 radical (unpaired) electrons. The summed E-state index contributed by atoms with van der Waals surface area (Å²) in [6.45, 7) is 7.79. The lowest BCUT2D eigenvalue weighted by molar-refractivity contribution is 0.569. The molecule has 0 aliphatic heterocycles. The van der Waals surface area contributed by atoms with Crippen molar-refractivity contribution in [3.63, 3.8) is 0 Å². The first kappa shape index (κ1) is 14.6. The zero-order valence-electron chi connectivity index (χ0n) is 13.1. The molecular weight excluding hydrogens is 280 g/mol. The third kappa shape index (κ3) is 3.12. The van der Waals surface area contributed by atoms with Crippen LogP contribution in [-0.4, -0.2) is 22.6 Å². The molecule has 3 rings (SSSR count). The molecule has 0 saturated heterocycles. The van der Waals surface area contributed by atoms with Crippen LogP contribution in [0.25, 0.3) is 10.2 Å². The van der Waals surface area contributed by atoms with Crippen LogP contribution >= 0.6 is 11.3 Å². The maximum Gasteiger partial charge on any atom is 0.223 e. The van der Waals surface area contributed by atoms with E-state index in [1.54, 1.807) is 11.3 Å². The molecule has 0 spiro atoms. The second-order valence-corrected chi connectivity index (χ2v) is 7.41. The molecule has 1 saturated carbocycles. The fourth-order valence-corrected chi connectivity index (χ4v) is 3.58. The Morgan fingerprint density at radius 2 is 2.14 bits per heavy atom. The number of aromatic nitrogens is 2. The van der Waals surface area contributed by atoms with Crippen molar-refractivity contribution in [3.05, 3.63) is 10.9 Å². The molecule has 1 fully saturated rings. The molecule has 0 aromatic carbocycles. The molecule has 5 heteroatoms. The minimum absolute atomic E-state index is 0.400. The third-order valence-electron chi connectivity index (χ3n) is 4.00. The van der Waals surface area contributed by atoms with E-state index in [0.29, 0.717) is 17.9 Å². The van der Waals surface area contributed by atoms with Crippen molar-refractivity contribution in [3.8, 4) is 0 Å². The van der Waals surface area contributed by atoms with E-state index >= 15 is 0 Å². The molecule has 21 heavy (non-hydrogen) atoms. The highest BCUT2D eigenvalue weighted by molar-refractivity contribution is 7.18. The quantitative estimate of drug-likeness (QED) is 0.880. The van der Waals surface area contributed by atoms with Gasteiger partial charge in [0.05, 0.1) is 5.39 Å². The summed E-state index contributed by atoms with van der Waals surface area (Å²) in [5.41, 5.74) is 5.95. The Bertz CT molecular complexity index is 630. The van der Waals surface area contributed by atoms with Crippen molar-refractivity contribution in [2.75, 3.05) is 17.2 Å². The predicted molar refractivity (Wildman–Crippen MR) is 91.0 cm³/mol. The van der Waals surface area contributed by atoms with E-state index in [4.69, 9.17) is 5.73 Å². The van der Waals surface area contributed by atoms with Crippen LogP contribution in [0.15, 0.2) is 6.07 Å². The Morgan fingerprint density at radius 3 is 2.76 bits per heavy atom. The minimum Gasteiger partial charge on any atom is -0.368 e. The van der Waals surface area contributed by atoms with Crippen LogP contribution in [0.3, 0.4) is 0 Å². The number of anilines is 2. The van der Waals surface area contributed by atoms with Crippen LogP contribution in [0.2, 0.25) is 0 Å². The zero-order valence-corrected chi connectivity index (χ0v) is 13.9. The van der Waals surface area contributed by atoms with Gasteiger partial charge in [0.25, 0.3) is 0 Å². The van der Waals surface area contributed by atoms with Gasteiger partial charge in [-0.25, -0.2) is 4.98 Å². The largest absolute Gasteiger partial charge is 0.368 e. The van der Waals surface area contributed by atoms with E-state index in [1.807, 2.05) is 0 Å². The summed E-state index contributed by atoms with van der Waals surface area (Å²) in [5, 5.41) is 1.18. The number of hydrogen-bond donors (Lipinski definition) is 1. The molecule has 0 atom stereocenters. The first-order chi connectivity index (χ1) is 10.1. The number of hydrogen-bond acceptors (Lipinski definition) is 5. The maximum absolute atomic E-state index is 5.95. The highest BCUT2D eigenvalue weighted by Gasteiger charge is 2.31. The van der Waals surface area contributed by atoms with Gasteiger partial charge in [0.15, 0.2) is 0 Å². The van der Waals surface area contributed by atoms with Crippen LogP contribution in [0.5, 0.6) is 0 Å². The molecule has 1 aliphatic rings. The van der Waals surface area contributed by atoms with E-state index < -0.39 is 0 Å². The third-order valence-corrected chi connectivity index (χ3v) is 5.17. The number of fused-ring (bicyclic) bond motifs is 1. The van der Waals surface area contributed by atoms with Crippen molar-refractivity contribution in [1.29, 1.82) is 0 Å². The smallest absolute Gasteiger partial charge is 0.223 e. The first-order valence-electron chi connectivity index (χ1n) is 7.91. The molecule has 0 unspecified atom stereocenters. The molecule has 2 aromatic heterocycles. The summed E-state index contributed by atoms with van der Waals surface area (Å²) < 4.78 is 0.